The molecule has 1 heterocycles. The van der Waals surface area contributed by atoms with E-state index in [4.69, 9.17) is 32.4 Å². The van der Waals surface area contributed by atoms with Crippen LogP contribution in [0, 0.1) is 0 Å². The normalized spacial score (nSPS) is 10.8. The van der Waals surface area contributed by atoms with Gasteiger partial charge in [-0.3, -0.25) is 4.79 Å². The van der Waals surface area contributed by atoms with E-state index in [-0.39, 0.29) is 11.7 Å². The van der Waals surface area contributed by atoms with Crippen molar-refractivity contribution in [2.45, 2.75) is 5.22 Å². The zero-order chi connectivity index (χ0) is 17.1. The number of nitrogens with one attached hydrogen (secondary N) is 1. The molecule has 3 rings (SSSR count). The number of halogens is 2. The molecule has 0 unspecified atom stereocenters. The van der Waals surface area contributed by atoms with Crippen LogP contribution in [0.15, 0.2) is 46.0 Å². The van der Waals surface area contributed by atoms with Crippen LogP contribution in [-0.4, -0.2) is 23.8 Å². The van der Waals surface area contributed by atoms with Gasteiger partial charge >= 0.3 is 0 Å². The van der Waals surface area contributed by atoms with Gasteiger partial charge in [-0.05, 0) is 30.3 Å². The molecule has 3 aromatic rings. The number of carbonyl (C=O) groups is 1. The van der Waals surface area contributed by atoms with Gasteiger partial charge in [-0.25, -0.2) is 4.98 Å². The lowest BCUT2D eigenvalue weighted by atomic mass is 10.3. The van der Waals surface area contributed by atoms with Crippen molar-refractivity contribution in [1.29, 1.82) is 0 Å². The topological polar surface area (TPSA) is 64.4 Å². The summed E-state index contributed by atoms with van der Waals surface area (Å²) in [5, 5.41) is 4.24. The number of nitrogens with zero attached hydrogens (tertiary/aromatic N) is 1. The van der Waals surface area contributed by atoms with E-state index in [1.807, 2.05) is 0 Å². The van der Waals surface area contributed by atoms with Gasteiger partial charge < -0.3 is 14.5 Å². The molecular formula is C16H12Cl2N2O3S. The summed E-state index contributed by atoms with van der Waals surface area (Å²) in [4.78, 5) is 16.4. The highest BCUT2D eigenvalue weighted by Gasteiger charge is 2.12. The molecule has 0 bridgehead atoms. The minimum atomic E-state index is -0.221. The van der Waals surface area contributed by atoms with Gasteiger partial charge in [-0.2, -0.15) is 0 Å². The molecule has 0 aliphatic rings. The van der Waals surface area contributed by atoms with E-state index in [9.17, 15) is 4.79 Å². The molecule has 124 valence electrons. The number of aromatic nitrogens is 1. The quantitative estimate of drug-likeness (QED) is 0.637. The maximum atomic E-state index is 12.1. The average molecular weight is 383 g/mol. The largest absolute Gasteiger partial charge is 0.495 e. The molecule has 1 amide bonds. The Morgan fingerprint density at radius 2 is 2.00 bits per heavy atom. The van der Waals surface area contributed by atoms with Crippen LogP contribution in [0.25, 0.3) is 11.1 Å². The van der Waals surface area contributed by atoms with Gasteiger partial charge in [0.2, 0.25) is 5.91 Å². The third-order valence-electron chi connectivity index (χ3n) is 3.09. The van der Waals surface area contributed by atoms with Crippen LogP contribution in [0.4, 0.5) is 5.69 Å². The van der Waals surface area contributed by atoms with Gasteiger partial charge in [0.25, 0.3) is 5.22 Å². The van der Waals surface area contributed by atoms with Crippen LogP contribution >= 0.6 is 35.0 Å². The molecule has 5 nitrogen and oxygen atoms in total. The third-order valence-corrected chi connectivity index (χ3v) is 4.39. The molecule has 0 spiro atoms. The third kappa shape index (κ3) is 3.95. The second-order valence-electron chi connectivity index (χ2n) is 4.77. The Hall–Kier alpha value is -1.89. The molecule has 1 aromatic heterocycles. The number of hydrogen-bond acceptors (Lipinski definition) is 5. The predicted molar refractivity (Wildman–Crippen MR) is 96.4 cm³/mol. The summed E-state index contributed by atoms with van der Waals surface area (Å²) in [5.41, 5.74) is 1.79. The lowest BCUT2D eigenvalue weighted by molar-refractivity contribution is -0.113. The summed E-state index contributed by atoms with van der Waals surface area (Å²) >= 11 is 13.0. The predicted octanol–water partition coefficient (Wildman–Crippen LogP) is 4.87. The fourth-order valence-electron chi connectivity index (χ4n) is 2.03. The van der Waals surface area contributed by atoms with Gasteiger partial charge in [0.05, 0.1) is 18.6 Å². The van der Waals surface area contributed by atoms with E-state index in [2.05, 4.69) is 10.3 Å². The number of benzene rings is 2. The first kappa shape index (κ1) is 17.0. The van der Waals surface area contributed by atoms with Crippen molar-refractivity contribution < 1.29 is 13.9 Å². The van der Waals surface area contributed by atoms with Gasteiger partial charge in [0, 0.05) is 16.1 Å². The number of methoxy groups -OCH3 is 1. The number of ether oxygens (including phenoxy) is 1. The van der Waals surface area contributed by atoms with Gasteiger partial charge in [0.1, 0.15) is 11.3 Å². The summed E-state index contributed by atoms with van der Waals surface area (Å²) < 4.78 is 10.7. The Kier molecular flexibility index (Phi) is 5.18. The Bertz CT molecular complexity index is 898. The number of carbonyl (C=O) groups excluding carboxylic acids is 1. The average Bonchev–Trinajstić information content (AvgIpc) is 2.95. The Morgan fingerprint density at radius 1 is 1.25 bits per heavy atom. The maximum absolute atomic E-state index is 12.1. The van der Waals surface area contributed by atoms with E-state index in [1.54, 1.807) is 36.4 Å². The Labute approximate surface area is 152 Å². The monoisotopic (exact) mass is 382 g/mol. The number of fused-ring (bicyclic) bond motifs is 1. The van der Waals surface area contributed by atoms with Crippen LogP contribution in [0.3, 0.4) is 0 Å². The summed E-state index contributed by atoms with van der Waals surface area (Å²) in [6.45, 7) is 0. The Balaban J connectivity index is 1.65. The highest BCUT2D eigenvalue weighted by atomic mass is 35.5. The molecule has 0 saturated carbocycles. The first-order chi connectivity index (χ1) is 11.5. The smallest absolute Gasteiger partial charge is 0.257 e. The fourth-order valence-corrected chi connectivity index (χ4v) is 3.00. The van der Waals surface area contributed by atoms with Crippen molar-refractivity contribution in [2.75, 3.05) is 18.2 Å². The molecule has 0 radical (unpaired) electrons. The van der Waals surface area contributed by atoms with Crippen LogP contribution in [-0.2, 0) is 4.79 Å². The van der Waals surface area contributed by atoms with Gasteiger partial charge in [-0.15, -0.1) is 0 Å². The lowest BCUT2D eigenvalue weighted by Gasteiger charge is -2.09. The van der Waals surface area contributed by atoms with Gasteiger partial charge in [-0.1, -0.05) is 35.0 Å². The molecule has 2 aromatic carbocycles. The molecule has 24 heavy (non-hydrogen) atoms. The minimum absolute atomic E-state index is 0.135. The van der Waals surface area contributed by atoms with Crippen molar-refractivity contribution in [3.8, 4) is 5.75 Å². The van der Waals surface area contributed by atoms with E-state index in [1.165, 1.54) is 18.9 Å². The molecule has 0 aliphatic heterocycles. The second kappa shape index (κ2) is 7.34. The summed E-state index contributed by atoms with van der Waals surface area (Å²) in [5.74, 6) is 0.450. The standard InChI is InChI=1S/C16H12Cl2N2O3S/c1-22-13-5-3-9(17)6-12(13)19-15(21)8-24-16-20-11-4-2-10(18)7-14(11)23-16/h2-7H,8H2,1H3,(H,19,21). The number of oxazole rings is 1. The molecule has 0 saturated heterocycles. The van der Waals surface area contributed by atoms with Crippen LogP contribution in [0.5, 0.6) is 5.75 Å². The lowest BCUT2D eigenvalue weighted by Crippen LogP contribution is -2.14. The first-order valence-electron chi connectivity index (χ1n) is 6.87. The first-order valence-corrected chi connectivity index (χ1v) is 8.61. The molecule has 0 atom stereocenters. The van der Waals surface area contributed by atoms with Crippen molar-refractivity contribution in [3.05, 3.63) is 46.4 Å². The van der Waals surface area contributed by atoms with E-state index >= 15 is 0 Å². The highest BCUT2D eigenvalue weighted by Crippen LogP contribution is 2.29. The number of amides is 1. The zero-order valence-electron chi connectivity index (χ0n) is 12.5. The SMILES string of the molecule is COc1ccc(Cl)cc1NC(=O)CSc1nc2ccc(Cl)cc2o1. The van der Waals surface area contributed by atoms with Gasteiger partial charge in [0.15, 0.2) is 5.58 Å². The maximum Gasteiger partial charge on any atom is 0.257 e. The van der Waals surface area contributed by atoms with E-state index < -0.39 is 0 Å². The zero-order valence-corrected chi connectivity index (χ0v) is 14.8. The van der Waals surface area contributed by atoms with E-state index in [0.29, 0.717) is 37.8 Å². The fraction of sp³-hybridized carbons (Fsp3) is 0.125. The molecular weight excluding hydrogens is 371 g/mol. The second-order valence-corrected chi connectivity index (χ2v) is 6.57. The van der Waals surface area contributed by atoms with Crippen LogP contribution in [0.1, 0.15) is 0 Å². The summed E-state index contributed by atoms with van der Waals surface area (Å²) in [7, 11) is 1.52. The molecule has 1 N–H and O–H groups in total. The van der Waals surface area contributed by atoms with Crippen molar-refractivity contribution >= 4 is 57.7 Å². The number of rotatable bonds is 5. The minimum Gasteiger partial charge on any atom is -0.495 e. The molecule has 0 fully saturated rings. The Morgan fingerprint density at radius 3 is 2.79 bits per heavy atom. The van der Waals surface area contributed by atoms with Crippen LogP contribution in [0.2, 0.25) is 10.0 Å². The molecule has 8 heteroatoms. The highest BCUT2D eigenvalue weighted by molar-refractivity contribution is 7.99. The number of anilines is 1. The molecule has 0 aliphatic carbocycles. The summed E-state index contributed by atoms with van der Waals surface area (Å²) in [6.07, 6.45) is 0. The summed E-state index contributed by atoms with van der Waals surface area (Å²) in [6, 6.07) is 10.2. The van der Waals surface area contributed by atoms with Crippen LogP contribution < -0.4 is 10.1 Å². The number of thioether (sulfide) groups is 1. The van der Waals surface area contributed by atoms with Crippen molar-refractivity contribution in [1.82, 2.24) is 4.98 Å². The van der Waals surface area contributed by atoms with E-state index in [0.717, 1.165) is 0 Å². The van der Waals surface area contributed by atoms with Crippen molar-refractivity contribution in [3.63, 3.8) is 0 Å². The van der Waals surface area contributed by atoms with Crippen molar-refractivity contribution in [2.24, 2.45) is 0 Å². The number of hydrogen-bond donors (Lipinski definition) is 1.